The van der Waals surface area contributed by atoms with E-state index in [1.807, 2.05) is 18.2 Å². The number of methoxy groups -OCH3 is 2. The summed E-state index contributed by atoms with van der Waals surface area (Å²) in [6.07, 6.45) is 7.11. The first-order chi connectivity index (χ1) is 14.5. The van der Waals surface area contributed by atoms with Crippen LogP contribution in [0.15, 0.2) is 18.2 Å². The van der Waals surface area contributed by atoms with Crippen LogP contribution >= 0.6 is 11.3 Å². The van der Waals surface area contributed by atoms with Crippen molar-refractivity contribution in [3.05, 3.63) is 23.1 Å². The molecule has 0 spiro atoms. The smallest absolute Gasteiger partial charge is 0.176 e. The molecule has 3 atom stereocenters. The van der Waals surface area contributed by atoms with E-state index in [4.69, 9.17) is 14.2 Å². The lowest BCUT2D eigenvalue weighted by Crippen LogP contribution is -2.50. The fourth-order valence-electron chi connectivity index (χ4n) is 5.02. The van der Waals surface area contributed by atoms with Crippen LogP contribution < -0.4 is 9.47 Å². The summed E-state index contributed by atoms with van der Waals surface area (Å²) < 4.78 is 18.9. The van der Waals surface area contributed by atoms with Gasteiger partial charge in [-0.25, -0.2) is 0 Å². The van der Waals surface area contributed by atoms with E-state index in [-0.39, 0.29) is 5.92 Å². The van der Waals surface area contributed by atoms with Gasteiger partial charge in [-0.3, -0.25) is 4.79 Å². The summed E-state index contributed by atoms with van der Waals surface area (Å²) >= 11 is 1.57. The van der Waals surface area contributed by atoms with Crippen molar-refractivity contribution in [3.63, 3.8) is 0 Å². The van der Waals surface area contributed by atoms with Crippen LogP contribution in [0.25, 0.3) is 10.1 Å². The number of likely N-dealkylation sites (N-methyl/N-ethyl adjacent to an activating group) is 1. The highest BCUT2D eigenvalue weighted by molar-refractivity contribution is 7.20. The van der Waals surface area contributed by atoms with Crippen LogP contribution in [0.5, 0.6) is 11.5 Å². The van der Waals surface area contributed by atoms with Crippen molar-refractivity contribution in [1.82, 2.24) is 0 Å². The summed E-state index contributed by atoms with van der Waals surface area (Å²) in [7, 11) is 5.63. The van der Waals surface area contributed by atoms with Gasteiger partial charge in [-0.15, -0.1) is 11.3 Å². The molecule has 3 unspecified atom stereocenters. The molecule has 3 heterocycles. The minimum atomic E-state index is 0.120. The summed E-state index contributed by atoms with van der Waals surface area (Å²) in [6, 6.07) is 5.96. The monoisotopic (exact) mass is 432 g/mol. The topological polar surface area (TPSA) is 44.8 Å². The number of hydrogen-bond donors (Lipinski definition) is 0. The third-order valence-corrected chi connectivity index (χ3v) is 7.93. The molecule has 1 aromatic carbocycles. The highest BCUT2D eigenvalue weighted by Gasteiger charge is 2.34. The van der Waals surface area contributed by atoms with E-state index in [1.54, 1.807) is 25.6 Å². The average Bonchev–Trinajstić information content (AvgIpc) is 3.08. The standard InChI is InChI=1S/C24H34NO4S/c1-25(16-19-8-4-5-12-29-19)10-6-7-17(9-11-25)24(26)23-14-18-13-20(27-2)21(28-3)15-22(18)30-23/h13-15,17,19H,4-12,16H2,1-3H3/q+1. The van der Waals surface area contributed by atoms with Gasteiger partial charge in [-0.05, 0) is 49.6 Å². The predicted octanol–water partition coefficient (Wildman–Crippen LogP) is 4.92. The van der Waals surface area contributed by atoms with Gasteiger partial charge in [0.15, 0.2) is 17.3 Å². The maximum absolute atomic E-state index is 13.3. The number of hydrogen-bond acceptors (Lipinski definition) is 5. The SMILES string of the molecule is COc1cc2cc(C(=O)C3CCC[N+](C)(CC4CCCCO4)CC3)sc2cc1OC. The van der Waals surface area contributed by atoms with Crippen molar-refractivity contribution in [1.29, 1.82) is 0 Å². The first kappa shape index (κ1) is 21.6. The van der Waals surface area contributed by atoms with E-state index in [0.29, 0.717) is 23.4 Å². The summed E-state index contributed by atoms with van der Waals surface area (Å²) in [5.41, 5.74) is 0. The summed E-state index contributed by atoms with van der Waals surface area (Å²) in [5, 5.41) is 1.05. The molecule has 6 heteroatoms. The number of rotatable bonds is 6. The second kappa shape index (κ2) is 9.25. The molecule has 1 aromatic heterocycles. The van der Waals surface area contributed by atoms with E-state index in [2.05, 4.69) is 7.05 Å². The molecule has 5 nitrogen and oxygen atoms in total. The molecule has 164 valence electrons. The maximum Gasteiger partial charge on any atom is 0.176 e. The van der Waals surface area contributed by atoms with Crippen LogP contribution in [0.1, 0.15) is 48.2 Å². The van der Waals surface area contributed by atoms with E-state index in [1.165, 1.54) is 19.3 Å². The highest BCUT2D eigenvalue weighted by atomic mass is 32.1. The minimum absolute atomic E-state index is 0.120. The molecule has 0 radical (unpaired) electrons. The number of thiophene rings is 1. The molecule has 0 amide bonds. The number of carbonyl (C=O) groups is 1. The van der Waals surface area contributed by atoms with Crippen molar-refractivity contribution in [2.75, 3.05) is 47.5 Å². The Hall–Kier alpha value is -1.63. The number of Topliss-reactive ketones (excluding diaryl/α,β-unsaturated/α-hetero) is 1. The van der Waals surface area contributed by atoms with Gasteiger partial charge in [0.25, 0.3) is 0 Å². The fraction of sp³-hybridized carbons (Fsp3) is 0.625. The molecule has 30 heavy (non-hydrogen) atoms. The van der Waals surface area contributed by atoms with Crippen LogP contribution in [0, 0.1) is 5.92 Å². The Balaban J connectivity index is 1.45. The van der Waals surface area contributed by atoms with Crippen molar-refractivity contribution < 1.29 is 23.5 Å². The molecule has 2 fully saturated rings. The Morgan fingerprint density at radius 3 is 2.60 bits per heavy atom. The van der Waals surface area contributed by atoms with Crippen molar-refractivity contribution in [2.45, 2.75) is 44.6 Å². The van der Waals surface area contributed by atoms with Gasteiger partial charge in [0, 0.05) is 29.7 Å². The number of ketones is 1. The van der Waals surface area contributed by atoms with E-state index < -0.39 is 0 Å². The molecule has 2 saturated heterocycles. The second-order valence-electron chi connectivity index (χ2n) is 9.09. The highest BCUT2D eigenvalue weighted by Crippen LogP contribution is 2.38. The second-order valence-corrected chi connectivity index (χ2v) is 10.2. The van der Waals surface area contributed by atoms with E-state index in [9.17, 15) is 4.79 Å². The lowest BCUT2D eigenvalue weighted by atomic mass is 9.94. The molecule has 0 aliphatic carbocycles. The van der Waals surface area contributed by atoms with Gasteiger partial charge in [0.05, 0.1) is 39.2 Å². The van der Waals surface area contributed by atoms with Gasteiger partial charge in [0.2, 0.25) is 0 Å². The molecule has 0 bridgehead atoms. The lowest BCUT2D eigenvalue weighted by molar-refractivity contribution is -0.912. The number of carbonyl (C=O) groups excluding carboxylic acids is 1. The average molecular weight is 433 g/mol. The Bertz CT molecular complexity index is 848. The Morgan fingerprint density at radius 1 is 1.07 bits per heavy atom. The molecule has 4 rings (SSSR count). The fourth-order valence-corrected chi connectivity index (χ4v) is 6.11. The van der Waals surface area contributed by atoms with Crippen LogP contribution in [0.4, 0.5) is 0 Å². The van der Waals surface area contributed by atoms with Crippen molar-refractivity contribution in [2.24, 2.45) is 5.92 Å². The van der Waals surface area contributed by atoms with Gasteiger partial charge in [0.1, 0.15) is 12.6 Å². The minimum Gasteiger partial charge on any atom is -0.493 e. The molecule has 0 saturated carbocycles. The number of quaternary nitrogens is 1. The zero-order valence-corrected chi connectivity index (χ0v) is 19.3. The zero-order valence-electron chi connectivity index (χ0n) is 18.4. The number of fused-ring (bicyclic) bond motifs is 1. The number of ether oxygens (including phenoxy) is 3. The third kappa shape index (κ3) is 4.66. The number of likely N-dealkylation sites (tertiary alicyclic amines) is 1. The predicted molar refractivity (Wildman–Crippen MR) is 121 cm³/mol. The van der Waals surface area contributed by atoms with Crippen LogP contribution in [-0.4, -0.2) is 63.9 Å². The largest absolute Gasteiger partial charge is 0.493 e. The van der Waals surface area contributed by atoms with Gasteiger partial charge >= 0.3 is 0 Å². The summed E-state index contributed by atoms with van der Waals surface area (Å²) in [4.78, 5) is 14.2. The third-order valence-electron chi connectivity index (χ3n) is 6.82. The quantitative estimate of drug-likeness (QED) is 0.480. The van der Waals surface area contributed by atoms with Gasteiger partial charge in [-0.2, -0.15) is 0 Å². The first-order valence-corrected chi connectivity index (χ1v) is 12.0. The summed E-state index contributed by atoms with van der Waals surface area (Å²) in [6.45, 7) is 4.20. The molecule has 0 N–H and O–H groups in total. The summed E-state index contributed by atoms with van der Waals surface area (Å²) in [5.74, 6) is 1.83. The Labute approximate surface area is 183 Å². The first-order valence-electron chi connectivity index (χ1n) is 11.2. The van der Waals surface area contributed by atoms with Crippen molar-refractivity contribution in [3.8, 4) is 11.5 Å². The number of benzene rings is 1. The van der Waals surface area contributed by atoms with Gasteiger partial charge in [-0.1, -0.05) is 0 Å². The Morgan fingerprint density at radius 2 is 1.87 bits per heavy atom. The Kier molecular flexibility index (Phi) is 6.66. The van der Waals surface area contributed by atoms with Crippen LogP contribution in [-0.2, 0) is 4.74 Å². The number of nitrogens with zero attached hydrogens (tertiary/aromatic N) is 1. The molecule has 2 aromatic rings. The van der Waals surface area contributed by atoms with Crippen LogP contribution in [0.2, 0.25) is 0 Å². The lowest BCUT2D eigenvalue weighted by Gasteiger charge is -2.37. The maximum atomic E-state index is 13.3. The normalized spacial score (nSPS) is 27.6. The molecular weight excluding hydrogens is 398 g/mol. The van der Waals surface area contributed by atoms with Crippen LogP contribution in [0.3, 0.4) is 0 Å². The zero-order chi connectivity index (χ0) is 21.1. The molecular formula is C24H34NO4S+. The molecule has 2 aliphatic rings. The molecule has 2 aliphatic heterocycles. The van der Waals surface area contributed by atoms with E-state index >= 15 is 0 Å². The van der Waals surface area contributed by atoms with E-state index in [0.717, 1.165) is 64.9 Å². The van der Waals surface area contributed by atoms with Gasteiger partial charge < -0.3 is 18.7 Å². The van der Waals surface area contributed by atoms with Crippen molar-refractivity contribution >= 4 is 27.2 Å².